The first kappa shape index (κ1) is 16.4. The van der Waals surface area contributed by atoms with Gasteiger partial charge in [-0.1, -0.05) is 0 Å². The SMILES string of the molecule is C[C@H]1N(c2cnn(C)c2)C(=O)COC12CCN(Cc1ccco1)CC2. The summed E-state index contributed by atoms with van der Waals surface area (Å²) in [6.07, 6.45) is 7.15. The maximum Gasteiger partial charge on any atom is 0.253 e. The first-order valence-electron chi connectivity index (χ1n) is 8.77. The molecule has 4 rings (SSSR count). The highest BCUT2D eigenvalue weighted by molar-refractivity contribution is 5.95. The van der Waals surface area contributed by atoms with Gasteiger partial charge in [0.1, 0.15) is 12.4 Å². The molecule has 2 saturated heterocycles. The molecule has 0 saturated carbocycles. The van der Waals surface area contributed by atoms with Crippen LogP contribution in [0.1, 0.15) is 25.5 Å². The van der Waals surface area contributed by atoms with E-state index in [9.17, 15) is 4.79 Å². The lowest BCUT2D eigenvalue weighted by atomic mass is 9.82. The highest BCUT2D eigenvalue weighted by atomic mass is 16.5. The maximum atomic E-state index is 12.5. The summed E-state index contributed by atoms with van der Waals surface area (Å²) in [4.78, 5) is 16.7. The van der Waals surface area contributed by atoms with E-state index in [1.807, 2.05) is 30.3 Å². The lowest BCUT2D eigenvalue weighted by molar-refractivity contribution is -0.153. The molecule has 2 aromatic rings. The summed E-state index contributed by atoms with van der Waals surface area (Å²) >= 11 is 0. The quantitative estimate of drug-likeness (QED) is 0.850. The molecule has 2 aliphatic rings. The molecule has 1 atom stereocenters. The fraction of sp³-hybridized carbons (Fsp3) is 0.556. The van der Waals surface area contributed by atoms with E-state index >= 15 is 0 Å². The van der Waals surface area contributed by atoms with Crippen molar-refractivity contribution >= 4 is 11.6 Å². The zero-order valence-corrected chi connectivity index (χ0v) is 14.7. The number of ether oxygens (including phenoxy) is 1. The van der Waals surface area contributed by atoms with Crippen LogP contribution in [-0.2, 0) is 23.1 Å². The Morgan fingerprint density at radius 2 is 2.16 bits per heavy atom. The second-order valence-electron chi connectivity index (χ2n) is 7.02. The highest BCUT2D eigenvalue weighted by Gasteiger charge is 2.48. The molecule has 4 heterocycles. The molecule has 134 valence electrons. The van der Waals surface area contributed by atoms with E-state index in [1.54, 1.807) is 17.1 Å². The van der Waals surface area contributed by atoms with Gasteiger partial charge >= 0.3 is 0 Å². The summed E-state index contributed by atoms with van der Waals surface area (Å²) in [5.41, 5.74) is 0.560. The number of rotatable bonds is 3. The topological polar surface area (TPSA) is 63.7 Å². The van der Waals surface area contributed by atoms with E-state index in [2.05, 4.69) is 16.9 Å². The van der Waals surface area contributed by atoms with Crippen molar-refractivity contribution in [1.29, 1.82) is 0 Å². The number of morpholine rings is 1. The Kier molecular flexibility index (Phi) is 4.13. The van der Waals surface area contributed by atoms with Gasteiger partial charge in [-0.3, -0.25) is 14.4 Å². The van der Waals surface area contributed by atoms with Crippen LogP contribution in [0, 0.1) is 0 Å². The smallest absolute Gasteiger partial charge is 0.253 e. The average Bonchev–Trinajstić information content (AvgIpc) is 3.26. The molecule has 2 fully saturated rings. The minimum absolute atomic E-state index is 0.00383. The first-order chi connectivity index (χ1) is 12.1. The zero-order chi connectivity index (χ0) is 17.4. The van der Waals surface area contributed by atoms with Gasteiger partial charge in [-0.25, -0.2) is 0 Å². The van der Waals surface area contributed by atoms with Gasteiger partial charge in [0.05, 0.1) is 36.3 Å². The van der Waals surface area contributed by atoms with Gasteiger partial charge in [0.2, 0.25) is 0 Å². The molecule has 1 amide bonds. The number of anilines is 1. The number of hydrogen-bond donors (Lipinski definition) is 0. The number of aryl methyl sites for hydroxylation is 1. The Bertz CT molecular complexity index is 731. The molecule has 0 aliphatic carbocycles. The molecule has 7 nitrogen and oxygen atoms in total. The third kappa shape index (κ3) is 2.98. The van der Waals surface area contributed by atoms with Crippen molar-refractivity contribution in [3.63, 3.8) is 0 Å². The summed E-state index contributed by atoms with van der Waals surface area (Å²) in [5.74, 6) is 0.991. The van der Waals surface area contributed by atoms with Crippen molar-refractivity contribution in [2.24, 2.45) is 7.05 Å². The van der Waals surface area contributed by atoms with Gasteiger partial charge in [0.15, 0.2) is 0 Å². The third-order valence-corrected chi connectivity index (χ3v) is 5.53. The molecular formula is C18H24N4O3. The number of carbonyl (C=O) groups is 1. The van der Waals surface area contributed by atoms with Crippen LogP contribution in [0.5, 0.6) is 0 Å². The van der Waals surface area contributed by atoms with E-state index in [0.717, 1.165) is 43.9 Å². The Hall–Kier alpha value is -2.12. The number of hydrogen-bond acceptors (Lipinski definition) is 5. The Labute approximate surface area is 147 Å². The van der Waals surface area contributed by atoms with Gasteiger partial charge < -0.3 is 14.1 Å². The second kappa shape index (κ2) is 6.31. The lowest BCUT2D eigenvalue weighted by Gasteiger charge is -2.51. The van der Waals surface area contributed by atoms with Gasteiger partial charge in [0, 0.05) is 26.3 Å². The number of aromatic nitrogens is 2. The van der Waals surface area contributed by atoms with Crippen LogP contribution in [0.15, 0.2) is 35.2 Å². The van der Waals surface area contributed by atoms with Gasteiger partial charge in [-0.15, -0.1) is 0 Å². The summed E-state index contributed by atoms with van der Waals surface area (Å²) in [5, 5.41) is 4.21. The number of carbonyl (C=O) groups excluding carboxylic acids is 1. The van der Waals surface area contributed by atoms with E-state index in [1.165, 1.54) is 0 Å². The molecule has 1 spiro atoms. The van der Waals surface area contributed by atoms with Crippen LogP contribution < -0.4 is 4.90 Å². The van der Waals surface area contributed by atoms with Crippen molar-refractivity contribution in [3.8, 4) is 0 Å². The fourth-order valence-electron chi connectivity index (χ4n) is 4.02. The zero-order valence-electron chi connectivity index (χ0n) is 14.7. The second-order valence-corrected chi connectivity index (χ2v) is 7.02. The first-order valence-corrected chi connectivity index (χ1v) is 8.77. The standard InChI is InChI=1S/C18H24N4O3/c1-14-18(5-7-21(8-6-18)12-16-4-3-9-24-16)25-13-17(23)22(14)15-10-19-20(2)11-15/h3-4,9-11,14H,5-8,12-13H2,1-2H3/t14-/m1/s1. The minimum Gasteiger partial charge on any atom is -0.468 e. The molecule has 2 aliphatic heterocycles. The highest BCUT2D eigenvalue weighted by Crippen LogP contribution is 2.37. The Morgan fingerprint density at radius 1 is 1.36 bits per heavy atom. The Balaban J connectivity index is 1.47. The predicted octanol–water partition coefficient (Wildman–Crippen LogP) is 1.80. The van der Waals surface area contributed by atoms with Crippen molar-refractivity contribution in [3.05, 3.63) is 36.5 Å². The van der Waals surface area contributed by atoms with Crippen molar-refractivity contribution in [1.82, 2.24) is 14.7 Å². The van der Waals surface area contributed by atoms with Crippen LogP contribution in [0.4, 0.5) is 5.69 Å². The normalized spacial score (nSPS) is 24.2. The van der Waals surface area contributed by atoms with Crippen LogP contribution in [0.3, 0.4) is 0 Å². The summed E-state index contributed by atoms with van der Waals surface area (Å²) in [7, 11) is 1.86. The molecule has 7 heteroatoms. The number of nitrogens with zero attached hydrogens (tertiary/aromatic N) is 4. The number of piperidine rings is 1. The van der Waals surface area contributed by atoms with E-state index < -0.39 is 0 Å². The fourth-order valence-corrected chi connectivity index (χ4v) is 4.02. The van der Waals surface area contributed by atoms with Crippen LogP contribution in [-0.4, -0.2) is 51.9 Å². The third-order valence-electron chi connectivity index (χ3n) is 5.53. The van der Waals surface area contributed by atoms with E-state index in [-0.39, 0.29) is 24.2 Å². The molecule has 0 bridgehead atoms. The molecule has 2 aromatic heterocycles. The van der Waals surface area contributed by atoms with Gasteiger partial charge in [0.25, 0.3) is 5.91 Å². The number of likely N-dealkylation sites (tertiary alicyclic amines) is 1. The van der Waals surface area contributed by atoms with Crippen LogP contribution in [0.25, 0.3) is 0 Å². The Morgan fingerprint density at radius 3 is 2.80 bits per heavy atom. The molecule has 0 radical (unpaired) electrons. The van der Waals surface area contributed by atoms with Gasteiger partial charge in [-0.05, 0) is 31.9 Å². The average molecular weight is 344 g/mol. The lowest BCUT2D eigenvalue weighted by Crippen LogP contribution is -2.64. The summed E-state index contributed by atoms with van der Waals surface area (Å²) in [6.45, 7) is 4.91. The monoisotopic (exact) mass is 344 g/mol. The number of amides is 1. The van der Waals surface area contributed by atoms with E-state index in [4.69, 9.17) is 9.15 Å². The summed E-state index contributed by atoms with van der Waals surface area (Å²) < 4.78 is 13.3. The predicted molar refractivity (Wildman–Crippen MR) is 92.1 cm³/mol. The molecule has 0 unspecified atom stereocenters. The van der Waals surface area contributed by atoms with Crippen molar-refractivity contribution in [2.45, 2.75) is 38.0 Å². The van der Waals surface area contributed by atoms with Crippen molar-refractivity contribution in [2.75, 3.05) is 24.6 Å². The maximum absolute atomic E-state index is 12.5. The van der Waals surface area contributed by atoms with Crippen LogP contribution >= 0.6 is 0 Å². The van der Waals surface area contributed by atoms with Crippen LogP contribution in [0.2, 0.25) is 0 Å². The minimum atomic E-state index is -0.288. The number of furan rings is 1. The largest absolute Gasteiger partial charge is 0.468 e. The summed E-state index contributed by atoms with van der Waals surface area (Å²) in [6, 6.07) is 3.92. The molecule has 25 heavy (non-hydrogen) atoms. The molecule has 0 N–H and O–H groups in total. The molecule has 0 aromatic carbocycles. The molecular weight excluding hydrogens is 320 g/mol. The van der Waals surface area contributed by atoms with Crippen molar-refractivity contribution < 1.29 is 13.9 Å². The van der Waals surface area contributed by atoms with E-state index in [0.29, 0.717) is 0 Å². The van der Waals surface area contributed by atoms with Gasteiger partial charge in [-0.2, -0.15) is 5.10 Å².